The molecule has 5 aromatic rings. The highest BCUT2D eigenvalue weighted by molar-refractivity contribution is 5.97. The Labute approximate surface area is 179 Å². The van der Waals surface area contributed by atoms with Crippen LogP contribution in [0.1, 0.15) is 21.7 Å². The Bertz CT molecular complexity index is 1360. The van der Waals surface area contributed by atoms with Crippen molar-refractivity contribution in [2.45, 2.75) is 13.5 Å². The maximum absolute atomic E-state index is 12.8. The number of aromatic nitrogens is 5. The van der Waals surface area contributed by atoms with Gasteiger partial charge in [0.25, 0.3) is 5.91 Å². The second-order valence-electron chi connectivity index (χ2n) is 7.17. The summed E-state index contributed by atoms with van der Waals surface area (Å²) in [4.78, 5) is 26.0. The minimum Gasteiger partial charge on any atom is -0.348 e. The van der Waals surface area contributed by atoms with E-state index in [9.17, 15) is 4.79 Å². The Kier molecular flexibility index (Phi) is 4.76. The number of benzene rings is 2. The second kappa shape index (κ2) is 7.87. The van der Waals surface area contributed by atoms with Gasteiger partial charge in [0.05, 0.1) is 11.0 Å². The van der Waals surface area contributed by atoms with E-state index in [2.05, 4.69) is 24.8 Å². The van der Waals surface area contributed by atoms with Crippen LogP contribution in [0.4, 0.5) is 0 Å². The van der Waals surface area contributed by atoms with E-state index in [1.54, 1.807) is 18.7 Å². The number of nitrogens with zero attached hydrogens (tertiary/aromatic N) is 5. The SMILES string of the molecule is Cc1nc2cc(C(=O)NCc3cccnc3-n3ccnc3)ccc2n1-c1ccccc1. The van der Waals surface area contributed by atoms with Crippen molar-refractivity contribution in [1.29, 1.82) is 0 Å². The van der Waals surface area contributed by atoms with Crippen LogP contribution in [0.3, 0.4) is 0 Å². The van der Waals surface area contributed by atoms with Crippen molar-refractivity contribution in [2.24, 2.45) is 0 Å². The molecule has 0 radical (unpaired) electrons. The Morgan fingerprint density at radius 3 is 2.71 bits per heavy atom. The molecular weight excluding hydrogens is 388 g/mol. The quantitative estimate of drug-likeness (QED) is 0.479. The summed E-state index contributed by atoms with van der Waals surface area (Å²) in [5.41, 5.74) is 4.27. The minimum atomic E-state index is -0.158. The lowest BCUT2D eigenvalue weighted by Gasteiger charge is -2.10. The highest BCUT2D eigenvalue weighted by atomic mass is 16.1. The Hall–Kier alpha value is -4.26. The van der Waals surface area contributed by atoms with E-state index >= 15 is 0 Å². The van der Waals surface area contributed by atoms with Gasteiger partial charge in [0.1, 0.15) is 18.0 Å². The summed E-state index contributed by atoms with van der Waals surface area (Å²) in [7, 11) is 0. The summed E-state index contributed by atoms with van der Waals surface area (Å²) in [6.07, 6.45) is 6.93. The smallest absolute Gasteiger partial charge is 0.251 e. The first-order chi connectivity index (χ1) is 15.2. The van der Waals surface area contributed by atoms with Crippen LogP contribution in [0.25, 0.3) is 22.5 Å². The molecule has 0 spiro atoms. The summed E-state index contributed by atoms with van der Waals surface area (Å²) in [6.45, 7) is 2.32. The third-order valence-corrected chi connectivity index (χ3v) is 5.15. The van der Waals surface area contributed by atoms with Crippen LogP contribution in [0, 0.1) is 6.92 Å². The fourth-order valence-electron chi connectivity index (χ4n) is 3.71. The molecule has 152 valence electrons. The van der Waals surface area contributed by atoms with Crippen molar-refractivity contribution < 1.29 is 4.79 Å². The van der Waals surface area contributed by atoms with Gasteiger partial charge in [-0.15, -0.1) is 0 Å². The standard InChI is InChI=1S/C24H20N6O/c1-17-28-21-14-18(9-10-22(21)30(17)20-7-3-2-4-8-20)24(31)27-15-19-6-5-11-26-23(19)29-13-12-25-16-29/h2-14,16H,15H2,1H3,(H,27,31). The Morgan fingerprint density at radius 2 is 1.90 bits per heavy atom. The maximum Gasteiger partial charge on any atom is 0.251 e. The van der Waals surface area contributed by atoms with Crippen molar-refractivity contribution in [3.05, 3.63) is 103 Å². The molecule has 0 saturated heterocycles. The molecule has 0 fully saturated rings. The van der Waals surface area contributed by atoms with Gasteiger partial charge in [-0.1, -0.05) is 24.3 Å². The van der Waals surface area contributed by atoms with Crippen molar-refractivity contribution in [1.82, 2.24) is 29.4 Å². The molecule has 2 aromatic carbocycles. The number of para-hydroxylation sites is 1. The second-order valence-corrected chi connectivity index (χ2v) is 7.17. The average Bonchev–Trinajstić information content (AvgIpc) is 3.45. The van der Waals surface area contributed by atoms with Crippen LogP contribution in [0.2, 0.25) is 0 Å². The summed E-state index contributed by atoms with van der Waals surface area (Å²) in [6, 6.07) is 19.5. The van der Waals surface area contributed by atoms with E-state index < -0.39 is 0 Å². The van der Waals surface area contributed by atoms with Crippen molar-refractivity contribution >= 4 is 16.9 Å². The maximum atomic E-state index is 12.8. The van der Waals surface area contributed by atoms with Gasteiger partial charge in [-0.3, -0.25) is 13.9 Å². The highest BCUT2D eigenvalue weighted by Gasteiger charge is 2.13. The average molecular weight is 408 g/mol. The summed E-state index contributed by atoms with van der Waals surface area (Å²) in [5.74, 6) is 1.46. The van der Waals surface area contributed by atoms with Gasteiger partial charge >= 0.3 is 0 Å². The van der Waals surface area contributed by atoms with Gasteiger partial charge in [-0.25, -0.2) is 15.0 Å². The molecule has 7 nitrogen and oxygen atoms in total. The highest BCUT2D eigenvalue weighted by Crippen LogP contribution is 2.22. The Morgan fingerprint density at radius 1 is 1.03 bits per heavy atom. The van der Waals surface area contributed by atoms with Crippen LogP contribution in [0.15, 0.2) is 85.6 Å². The number of imidazole rings is 2. The molecule has 1 N–H and O–H groups in total. The molecule has 1 amide bonds. The predicted molar refractivity (Wildman–Crippen MR) is 118 cm³/mol. The third-order valence-electron chi connectivity index (χ3n) is 5.15. The van der Waals surface area contributed by atoms with Crippen LogP contribution in [-0.4, -0.2) is 30.0 Å². The van der Waals surface area contributed by atoms with Gasteiger partial charge in [0, 0.05) is 41.9 Å². The van der Waals surface area contributed by atoms with Gasteiger partial charge in [0.2, 0.25) is 0 Å². The normalized spacial score (nSPS) is 11.0. The van der Waals surface area contributed by atoms with Crippen LogP contribution in [0.5, 0.6) is 0 Å². The number of rotatable bonds is 5. The Balaban J connectivity index is 1.39. The molecule has 0 aliphatic heterocycles. The van der Waals surface area contributed by atoms with Crippen LogP contribution >= 0.6 is 0 Å². The zero-order valence-electron chi connectivity index (χ0n) is 16.9. The molecule has 3 aromatic heterocycles. The van der Waals surface area contributed by atoms with E-state index in [0.29, 0.717) is 12.1 Å². The monoisotopic (exact) mass is 408 g/mol. The number of carbonyl (C=O) groups is 1. The van der Waals surface area contributed by atoms with E-state index in [4.69, 9.17) is 0 Å². The predicted octanol–water partition coefficient (Wildman–Crippen LogP) is 3.84. The summed E-state index contributed by atoms with van der Waals surface area (Å²) >= 11 is 0. The zero-order valence-corrected chi connectivity index (χ0v) is 16.9. The number of nitrogens with one attached hydrogen (secondary N) is 1. The fraction of sp³-hybridized carbons (Fsp3) is 0.0833. The minimum absolute atomic E-state index is 0.158. The summed E-state index contributed by atoms with van der Waals surface area (Å²) < 4.78 is 3.91. The number of amides is 1. The van der Waals surface area contributed by atoms with Crippen molar-refractivity contribution in [3.63, 3.8) is 0 Å². The first-order valence-electron chi connectivity index (χ1n) is 9.95. The fourth-order valence-corrected chi connectivity index (χ4v) is 3.71. The van der Waals surface area contributed by atoms with Crippen LogP contribution in [-0.2, 0) is 6.54 Å². The molecule has 0 bridgehead atoms. The zero-order chi connectivity index (χ0) is 21.2. The molecular formula is C24H20N6O. The third kappa shape index (κ3) is 3.57. The number of aryl methyl sites for hydroxylation is 1. The summed E-state index contributed by atoms with van der Waals surface area (Å²) in [5, 5.41) is 2.99. The largest absolute Gasteiger partial charge is 0.348 e. The first-order valence-corrected chi connectivity index (χ1v) is 9.95. The molecule has 31 heavy (non-hydrogen) atoms. The number of hydrogen-bond acceptors (Lipinski definition) is 4. The van der Waals surface area contributed by atoms with Gasteiger partial charge < -0.3 is 5.32 Å². The van der Waals surface area contributed by atoms with Crippen LogP contribution < -0.4 is 5.32 Å². The molecule has 0 unspecified atom stereocenters. The molecule has 7 heteroatoms. The van der Waals surface area contributed by atoms with Gasteiger partial charge in [-0.2, -0.15) is 0 Å². The molecule has 0 saturated carbocycles. The lowest BCUT2D eigenvalue weighted by molar-refractivity contribution is 0.0951. The molecule has 0 atom stereocenters. The molecule has 0 aliphatic rings. The van der Waals surface area contributed by atoms with E-state index in [-0.39, 0.29) is 5.91 Å². The number of carbonyl (C=O) groups excluding carboxylic acids is 1. The first kappa shape index (κ1) is 18.7. The van der Waals surface area contributed by atoms with Crippen molar-refractivity contribution in [2.75, 3.05) is 0 Å². The van der Waals surface area contributed by atoms with E-state index in [1.165, 1.54) is 0 Å². The lowest BCUT2D eigenvalue weighted by Crippen LogP contribution is -2.23. The van der Waals surface area contributed by atoms with E-state index in [1.807, 2.05) is 78.4 Å². The van der Waals surface area contributed by atoms with Crippen molar-refractivity contribution in [3.8, 4) is 11.5 Å². The van der Waals surface area contributed by atoms with E-state index in [0.717, 1.165) is 33.9 Å². The lowest BCUT2D eigenvalue weighted by atomic mass is 10.1. The number of pyridine rings is 1. The molecule has 0 aliphatic carbocycles. The topological polar surface area (TPSA) is 77.6 Å². The number of hydrogen-bond donors (Lipinski definition) is 1. The van der Waals surface area contributed by atoms with Gasteiger partial charge in [0.15, 0.2) is 0 Å². The molecule has 3 heterocycles. The molecule has 5 rings (SSSR count). The number of fused-ring (bicyclic) bond motifs is 1. The van der Waals surface area contributed by atoms with Gasteiger partial charge in [-0.05, 0) is 43.3 Å².